The first-order chi connectivity index (χ1) is 8.81. The molecule has 1 heterocycles. The number of benzene rings is 1. The molecule has 0 bridgehead atoms. The highest BCUT2D eigenvalue weighted by molar-refractivity contribution is 5.96. The number of anilines is 1. The van der Waals surface area contributed by atoms with Crippen molar-refractivity contribution in [3.63, 3.8) is 0 Å². The van der Waals surface area contributed by atoms with Crippen LogP contribution in [0.2, 0.25) is 0 Å². The van der Waals surface area contributed by atoms with Crippen molar-refractivity contribution in [2.45, 2.75) is 6.42 Å². The van der Waals surface area contributed by atoms with Gasteiger partial charge < -0.3 is 5.32 Å². The third-order valence-corrected chi connectivity index (χ3v) is 2.43. The second-order valence-corrected chi connectivity index (χ2v) is 3.66. The van der Waals surface area contributed by atoms with Crippen molar-refractivity contribution in [1.29, 1.82) is 5.26 Å². The fourth-order valence-electron chi connectivity index (χ4n) is 1.64. The van der Waals surface area contributed by atoms with Crippen LogP contribution in [-0.4, -0.2) is 10.9 Å². The van der Waals surface area contributed by atoms with Crippen molar-refractivity contribution in [2.75, 3.05) is 5.32 Å². The van der Waals surface area contributed by atoms with Crippen molar-refractivity contribution in [3.05, 3.63) is 48.8 Å². The van der Waals surface area contributed by atoms with E-state index in [1.165, 1.54) is 0 Å². The molecule has 0 radical (unpaired) electrons. The van der Waals surface area contributed by atoms with Gasteiger partial charge in [-0.2, -0.15) is 5.26 Å². The van der Waals surface area contributed by atoms with Crippen molar-refractivity contribution >= 4 is 11.6 Å². The number of rotatable bonds is 3. The molecule has 18 heavy (non-hydrogen) atoms. The van der Waals surface area contributed by atoms with Crippen LogP contribution in [0.1, 0.15) is 6.42 Å². The summed E-state index contributed by atoms with van der Waals surface area (Å²) >= 11 is 0. The smallest absolute Gasteiger partial charge is 0.238 e. The fraction of sp³-hybridized carbons (Fsp3) is 0.0714. The van der Waals surface area contributed by atoms with Gasteiger partial charge in [-0.05, 0) is 23.8 Å². The molecule has 2 rings (SSSR count). The van der Waals surface area contributed by atoms with Gasteiger partial charge in [0.05, 0.1) is 6.07 Å². The lowest BCUT2D eigenvalue weighted by atomic mass is 10.1. The summed E-state index contributed by atoms with van der Waals surface area (Å²) in [5.41, 5.74) is 2.58. The van der Waals surface area contributed by atoms with Gasteiger partial charge in [0.1, 0.15) is 6.42 Å². The minimum absolute atomic E-state index is 0.148. The van der Waals surface area contributed by atoms with Crippen LogP contribution in [-0.2, 0) is 4.79 Å². The van der Waals surface area contributed by atoms with E-state index in [-0.39, 0.29) is 12.3 Å². The van der Waals surface area contributed by atoms with Crippen molar-refractivity contribution in [3.8, 4) is 17.2 Å². The molecule has 0 aliphatic rings. The van der Waals surface area contributed by atoms with Crippen LogP contribution in [0.25, 0.3) is 11.1 Å². The number of carbonyl (C=O) groups excluding carboxylic acids is 1. The van der Waals surface area contributed by atoms with E-state index in [1.807, 2.05) is 42.5 Å². The number of nitrogens with one attached hydrogen (secondary N) is 1. The summed E-state index contributed by atoms with van der Waals surface area (Å²) in [6.07, 6.45) is 3.25. The standard InChI is InChI=1S/C14H11N3O/c15-8-5-14(18)17-13-4-2-1-3-12(13)11-6-9-16-10-7-11/h1-4,6-7,9-10H,5H2,(H,17,18). The van der Waals surface area contributed by atoms with Crippen LogP contribution in [0, 0.1) is 11.3 Å². The topological polar surface area (TPSA) is 65.8 Å². The minimum Gasteiger partial charge on any atom is -0.325 e. The summed E-state index contributed by atoms with van der Waals surface area (Å²) in [4.78, 5) is 15.4. The zero-order chi connectivity index (χ0) is 12.8. The van der Waals surface area contributed by atoms with E-state index in [4.69, 9.17) is 5.26 Å². The molecular formula is C14H11N3O. The molecule has 0 aliphatic carbocycles. The van der Waals surface area contributed by atoms with Gasteiger partial charge in [-0.15, -0.1) is 0 Å². The van der Waals surface area contributed by atoms with Gasteiger partial charge in [-0.1, -0.05) is 18.2 Å². The zero-order valence-corrected chi connectivity index (χ0v) is 9.63. The Morgan fingerprint density at radius 2 is 1.94 bits per heavy atom. The molecule has 1 aromatic carbocycles. The number of carbonyl (C=O) groups is 1. The summed E-state index contributed by atoms with van der Waals surface area (Å²) in [6, 6.07) is 13.0. The van der Waals surface area contributed by atoms with Crippen molar-refractivity contribution in [1.82, 2.24) is 4.98 Å². The lowest BCUT2D eigenvalue weighted by molar-refractivity contribution is -0.115. The average molecular weight is 237 g/mol. The maximum atomic E-state index is 11.5. The molecule has 0 aliphatic heterocycles. The zero-order valence-electron chi connectivity index (χ0n) is 9.63. The molecule has 88 valence electrons. The Kier molecular flexibility index (Phi) is 3.67. The Hall–Kier alpha value is -2.67. The average Bonchev–Trinajstić information content (AvgIpc) is 2.40. The number of para-hydroxylation sites is 1. The van der Waals surface area contributed by atoms with Gasteiger partial charge in [-0.25, -0.2) is 0 Å². The highest BCUT2D eigenvalue weighted by Gasteiger charge is 2.07. The van der Waals surface area contributed by atoms with Crippen LogP contribution in [0.4, 0.5) is 5.69 Å². The van der Waals surface area contributed by atoms with E-state index in [0.717, 1.165) is 11.1 Å². The molecule has 0 saturated heterocycles. The SMILES string of the molecule is N#CCC(=O)Nc1ccccc1-c1ccncc1. The summed E-state index contributed by atoms with van der Waals surface area (Å²) in [5.74, 6) is -0.306. The molecular weight excluding hydrogens is 226 g/mol. The third kappa shape index (κ3) is 2.71. The van der Waals surface area contributed by atoms with Gasteiger partial charge in [0, 0.05) is 23.6 Å². The van der Waals surface area contributed by atoms with E-state index in [9.17, 15) is 4.79 Å². The molecule has 0 fully saturated rings. The van der Waals surface area contributed by atoms with E-state index in [0.29, 0.717) is 5.69 Å². The van der Waals surface area contributed by atoms with Crippen LogP contribution >= 0.6 is 0 Å². The number of aromatic nitrogens is 1. The predicted molar refractivity (Wildman–Crippen MR) is 68.5 cm³/mol. The van der Waals surface area contributed by atoms with Gasteiger partial charge in [0.15, 0.2) is 0 Å². The predicted octanol–water partition coefficient (Wildman–Crippen LogP) is 2.60. The van der Waals surface area contributed by atoms with Crippen molar-refractivity contribution in [2.24, 2.45) is 0 Å². The molecule has 0 unspecified atom stereocenters. The molecule has 4 nitrogen and oxygen atoms in total. The summed E-state index contributed by atoms with van der Waals surface area (Å²) in [6.45, 7) is 0. The maximum Gasteiger partial charge on any atom is 0.238 e. The van der Waals surface area contributed by atoms with E-state index >= 15 is 0 Å². The number of pyridine rings is 1. The second kappa shape index (κ2) is 5.60. The van der Waals surface area contributed by atoms with Gasteiger partial charge in [-0.3, -0.25) is 9.78 Å². The summed E-state index contributed by atoms with van der Waals surface area (Å²) in [7, 11) is 0. The lowest BCUT2D eigenvalue weighted by Gasteiger charge is -2.09. The van der Waals surface area contributed by atoms with E-state index in [1.54, 1.807) is 12.4 Å². The normalized spacial score (nSPS) is 9.50. The Labute approximate surface area is 105 Å². The Bertz CT molecular complexity index is 587. The summed E-state index contributed by atoms with van der Waals surface area (Å²) < 4.78 is 0. The molecule has 0 atom stereocenters. The number of nitrogens with zero attached hydrogens (tertiary/aromatic N) is 2. The Balaban J connectivity index is 2.32. The van der Waals surface area contributed by atoms with Gasteiger partial charge in [0.25, 0.3) is 0 Å². The Morgan fingerprint density at radius 1 is 1.22 bits per heavy atom. The third-order valence-electron chi connectivity index (χ3n) is 2.43. The van der Waals surface area contributed by atoms with Crippen LogP contribution in [0.15, 0.2) is 48.8 Å². The van der Waals surface area contributed by atoms with Crippen LogP contribution < -0.4 is 5.32 Å². The Morgan fingerprint density at radius 3 is 2.67 bits per heavy atom. The lowest BCUT2D eigenvalue weighted by Crippen LogP contribution is -2.10. The second-order valence-electron chi connectivity index (χ2n) is 3.66. The van der Waals surface area contributed by atoms with Crippen LogP contribution in [0.5, 0.6) is 0 Å². The molecule has 2 aromatic rings. The molecule has 1 aromatic heterocycles. The van der Waals surface area contributed by atoms with Gasteiger partial charge >= 0.3 is 0 Å². The quantitative estimate of drug-likeness (QED) is 0.892. The van der Waals surface area contributed by atoms with E-state index < -0.39 is 0 Å². The molecule has 1 N–H and O–H groups in total. The highest BCUT2D eigenvalue weighted by Crippen LogP contribution is 2.27. The first kappa shape index (κ1) is 11.8. The van der Waals surface area contributed by atoms with E-state index in [2.05, 4.69) is 10.3 Å². The maximum absolute atomic E-state index is 11.5. The minimum atomic E-state index is -0.306. The fourth-order valence-corrected chi connectivity index (χ4v) is 1.64. The molecule has 0 saturated carbocycles. The van der Waals surface area contributed by atoms with Gasteiger partial charge in [0.2, 0.25) is 5.91 Å². The first-order valence-corrected chi connectivity index (χ1v) is 5.47. The number of hydrogen-bond acceptors (Lipinski definition) is 3. The monoisotopic (exact) mass is 237 g/mol. The number of hydrogen-bond donors (Lipinski definition) is 1. The summed E-state index contributed by atoms with van der Waals surface area (Å²) in [5, 5.41) is 11.2. The molecule has 4 heteroatoms. The first-order valence-electron chi connectivity index (χ1n) is 5.47. The molecule has 1 amide bonds. The van der Waals surface area contributed by atoms with Crippen LogP contribution in [0.3, 0.4) is 0 Å². The molecule has 0 spiro atoms. The number of amides is 1. The number of nitriles is 1. The van der Waals surface area contributed by atoms with Crippen molar-refractivity contribution < 1.29 is 4.79 Å². The largest absolute Gasteiger partial charge is 0.325 e. The highest BCUT2D eigenvalue weighted by atomic mass is 16.1.